The zero-order valence-corrected chi connectivity index (χ0v) is 13.8. The van der Waals surface area contributed by atoms with Crippen LogP contribution in [-0.4, -0.2) is 31.9 Å². The van der Waals surface area contributed by atoms with Crippen LogP contribution in [0, 0.1) is 0 Å². The molecule has 7 nitrogen and oxygen atoms in total. The third-order valence-electron chi connectivity index (χ3n) is 3.54. The standard InChI is InChI=1S/C16H17N3O4S/c1-22-15-6-2-3-8-16(15)24(20,21)18-12-13(14-7-4-11-23-14)19-10-5-9-17-19/h2-11,13,18H,12H2,1H3. The lowest BCUT2D eigenvalue weighted by atomic mass is 10.2. The summed E-state index contributed by atoms with van der Waals surface area (Å²) in [5.41, 5.74) is 0. The third-order valence-corrected chi connectivity index (χ3v) is 5.00. The van der Waals surface area contributed by atoms with Gasteiger partial charge in [-0.25, -0.2) is 13.1 Å². The molecular weight excluding hydrogens is 330 g/mol. The Kier molecular flexibility index (Phi) is 4.68. The maximum atomic E-state index is 12.6. The number of furan rings is 1. The van der Waals surface area contributed by atoms with Crippen LogP contribution in [0.3, 0.4) is 0 Å². The van der Waals surface area contributed by atoms with Crippen LogP contribution in [0.25, 0.3) is 0 Å². The third kappa shape index (κ3) is 3.34. The molecule has 0 amide bonds. The van der Waals surface area contributed by atoms with Crippen molar-refractivity contribution in [1.82, 2.24) is 14.5 Å². The summed E-state index contributed by atoms with van der Waals surface area (Å²) < 4.78 is 40.0. The van der Waals surface area contributed by atoms with Gasteiger partial charge in [0, 0.05) is 18.9 Å². The van der Waals surface area contributed by atoms with E-state index in [0.717, 1.165) is 0 Å². The number of hydrogen-bond acceptors (Lipinski definition) is 5. The number of nitrogens with zero attached hydrogens (tertiary/aromatic N) is 2. The van der Waals surface area contributed by atoms with Crippen molar-refractivity contribution in [2.45, 2.75) is 10.9 Å². The summed E-state index contributed by atoms with van der Waals surface area (Å²) >= 11 is 0. The molecule has 126 valence electrons. The molecule has 1 aromatic carbocycles. The molecule has 1 atom stereocenters. The summed E-state index contributed by atoms with van der Waals surface area (Å²) in [5, 5.41) is 4.18. The quantitative estimate of drug-likeness (QED) is 0.707. The highest BCUT2D eigenvalue weighted by molar-refractivity contribution is 7.89. The predicted molar refractivity (Wildman–Crippen MR) is 87.3 cm³/mol. The molecule has 1 unspecified atom stereocenters. The molecule has 0 aliphatic rings. The Bertz CT molecular complexity index is 840. The van der Waals surface area contributed by atoms with Gasteiger partial charge in [-0.05, 0) is 30.3 Å². The Morgan fingerprint density at radius 2 is 2.08 bits per heavy atom. The van der Waals surface area contributed by atoms with Gasteiger partial charge in [0.2, 0.25) is 10.0 Å². The van der Waals surface area contributed by atoms with Gasteiger partial charge in [-0.3, -0.25) is 4.68 Å². The Hall–Kier alpha value is -2.58. The number of hydrogen-bond donors (Lipinski definition) is 1. The summed E-state index contributed by atoms with van der Waals surface area (Å²) in [5.74, 6) is 0.903. The van der Waals surface area contributed by atoms with Gasteiger partial charge in [-0.2, -0.15) is 5.10 Å². The Balaban J connectivity index is 1.84. The SMILES string of the molecule is COc1ccccc1S(=O)(=O)NCC(c1ccco1)n1cccn1. The summed E-state index contributed by atoms with van der Waals surface area (Å²) in [6, 6.07) is 11.4. The average molecular weight is 347 g/mol. The maximum absolute atomic E-state index is 12.6. The van der Waals surface area contributed by atoms with Crippen molar-refractivity contribution >= 4 is 10.0 Å². The van der Waals surface area contributed by atoms with Crippen LogP contribution < -0.4 is 9.46 Å². The van der Waals surface area contributed by atoms with Crippen LogP contribution in [0.5, 0.6) is 5.75 Å². The van der Waals surface area contributed by atoms with E-state index in [-0.39, 0.29) is 17.5 Å². The fourth-order valence-electron chi connectivity index (χ4n) is 2.38. The molecule has 3 aromatic rings. The van der Waals surface area contributed by atoms with E-state index < -0.39 is 10.0 Å². The molecule has 0 bridgehead atoms. The number of ether oxygens (including phenoxy) is 1. The van der Waals surface area contributed by atoms with E-state index in [1.54, 1.807) is 59.7 Å². The van der Waals surface area contributed by atoms with Gasteiger partial charge in [-0.1, -0.05) is 12.1 Å². The van der Waals surface area contributed by atoms with E-state index in [1.807, 2.05) is 0 Å². The van der Waals surface area contributed by atoms with Crippen LogP contribution in [0.15, 0.2) is 70.4 Å². The van der Waals surface area contributed by atoms with Crippen LogP contribution in [0.1, 0.15) is 11.8 Å². The molecule has 8 heteroatoms. The summed E-state index contributed by atoms with van der Waals surface area (Å²) in [6.45, 7) is 0.0928. The van der Waals surface area contributed by atoms with Crippen molar-refractivity contribution in [1.29, 1.82) is 0 Å². The highest BCUT2D eigenvalue weighted by Gasteiger charge is 2.23. The Morgan fingerprint density at radius 3 is 2.75 bits per heavy atom. The molecule has 0 saturated heterocycles. The van der Waals surface area contributed by atoms with Crippen LogP contribution in [0.2, 0.25) is 0 Å². The van der Waals surface area contributed by atoms with Crippen molar-refractivity contribution in [2.24, 2.45) is 0 Å². The van der Waals surface area contributed by atoms with Crippen LogP contribution in [-0.2, 0) is 10.0 Å². The van der Waals surface area contributed by atoms with Crippen LogP contribution in [0.4, 0.5) is 0 Å². The average Bonchev–Trinajstić information content (AvgIpc) is 3.29. The second-order valence-corrected chi connectivity index (χ2v) is 6.76. The van der Waals surface area contributed by atoms with E-state index in [9.17, 15) is 8.42 Å². The maximum Gasteiger partial charge on any atom is 0.244 e. The number of para-hydroxylation sites is 1. The fourth-order valence-corrected chi connectivity index (χ4v) is 3.58. The lowest BCUT2D eigenvalue weighted by Gasteiger charge is -2.17. The first-order valence-corrected chi connectivity index (χ1v) is 8.75. The van der Waals surface area contributed by atoms with Crippen molar-refractivity contribution in [3.63, 3.8) is 0 Å². The molecule has 24 heavy (non-hydrogen) atoms. The fraction of sp³-hybridized carbons (Fsp3) is 0.188. The highest BCUT2D eigenvalue weighted by Crippen LogP contribution is 2.24. The Morgan fingerprint density at radius 1 is 1.25 bits per heavy atom. The molecule has 3 rings (SSSR count). The van der Waals surface area contributed by atoms with Crippen molar-refractivity contribution in [3.8, 4) is 5.75 Å². The van der Waals surface area contributed by atoms with Gasteiger partial charge in [0.05, 0.1) is 13.4 Å². The molecule has 0 spiro atoms. The molecule has 1 N–H and O–H groups in total. The molecule has 2 aromatic heterocycles. The second-order valence-electron chi connectivity index (χ2n) is 5.02. The molecule has 0 aliphatic heterocycles. The Labute approximate surface area is 139 Å². The minimum Gasteiger partial charge on any atom is -0.495 e. The molecular formula is C16H17N3O4S. The largest absolute Gasteiger partial charge is 0.495 e. The van der Waals surface area contributed by atoms with Crippen LogP contribution >= 0.6 is 0 Å². The number of sulfonamides is 1. The molecule has 2 heterocycles. The first kappa shape index (κ1) is 16.3. The predicted octanol–water partition coefficient (Wildman–Crippen LogP) is 2.05. The minimum absolute atomic E-state index is 0.0890. The minimum atomic E-state index is -3.74. The van der Waals surface area contributed by atoms with Gasteiger partial charge in [0.25, 0.3) is 0 Å². The molecule has 0 saturated carbocycles. The van der Waals surface area contributed by atoms with E-state index in [1.165, 1.54) is 13.2 Å². The van der Waals surface area contributed by atoms with Crippen molar-refractivity contribution in [2.75, 3.05) is 13.7 Å². The van der Waals surface area contributed by atoms with E-state index in [0.29, 0.717) is 11.5 Å². The van der Waals surface area contributed by atoms with Gasteiger partial charge in [0.1, 0.15) is 22.4 Å². The zero-order chi connectivity index (χ0) is 17.0. The summed E-state index contributed by atoms with van der Waals surface area (Å²) in [7, 11) is -2.30. The topological polar surface area (TPSA) is 86.4 Å². The summed E-state index contributed by atoms with van der Waals surface area (Å²) in [6.07, 6.45) is 4.93. The van der Waals surface area contributed by atoms with Gasteiger partial charge in [0.15, 0.2) is 0 Å². The number of benzene rings is 1. The van der Waals surface area contributed by atoms with E-state index in [4.69, 9.17) is 9.15 Å². The first-order valence-electron chi connectivity index (χ1n) is 7.27. The molecule has 0 aliphatic carbocycles. The smallest absolute Gasteiger partial charge is 0.244 e. The number of rotatable bonds is 7. The van der Waals surface area contributed by atoms with E-state index >= 15 is 0 Å². The number of methoxy groups -OCH3 is 1. The van der Waals surface area contributed by atoms with Gasteiger partial charge < -0.3 is 9.15 Å². The second kappa shape index (κ2) is 6.90. The number of nitrogens with one attached hydrogen (secondary N) is 1. The van der Waals surface area contributed by atoms with Gasteiger partial charge in [-0.15, -0.1) is 0 Å². The zero-order valence-electron chi connectivity index (χ0n) is 13.0. The van der Waals surface area contributed by atoms with Crippen molar-refractivity contribution in [3.05, 3.63) is 66.9 Å². The first-order chi connectivity index (χ1) is 11.6. The lowest BCUT2D eigenvalue weighted by Crippen LogP contribution is -2.31. The van der Waals surface area contributed by atoms with Crippen molar-refractivity contribution < 1.29 is 17.6 Å². The lowest BCUT2D eigenvalue weighted by molar-refractivity contribution is 0.397. The normalized spacial score (nSPS) is 12.9. The summed E-state index contributed by atoms with van der Waals surface area (Å²) in [4.78, 5) is 0.0890. The van der Waals surface area contributed by atoms with Gasteiger partial charge >= 0.3 is 0 Å². The highest BCUT2D eigenvalue weighted by atomic mass is 32.2. The molecule has 0 fully saturated rings. The molecule has 0 radical (unpaired) electrons. The monoisotopic (exact) mass is 347 g/mol. The van der Waals surface area contributed by atoms with E-state index in [2.05, 4.69) is 9.82 Å². The number of aromatic nitrogens is 2.